The number of ether oxygens (including phenoxy) is 1. The van der Waals surface area contributed by atoms with Crippen molar-refractivity contribution in [1.82, 2.24) is 4.90 Å². The average Bonchev–Trinajstić information content (AvgIpc) is 2.87. The minimum Gasteiger partial charge on any atom is -0.496 e. The van der Waals surface area contributed by atoms with E-state index in [0.29, 0.717) is 18.0 Å². The average molecular weight is 250 g/mol. The fourth-order valence-electron chi connectivity index (χ4n) is 1.91. The number of carbonyl (C=O) groups is 1. The summed E-state index contributed by atoms with van der Waals surface area (Å²) in [5, 5.41) is 10.6. The zero-order valence-electron chi connectivity index (χ0n) is 9.68. The van der Waals surface area contributed by atoms with Crippen LogP contribution in [-0.4, -0.2) is 31.0 Å². The molecule has 5 heteroatoms. The first-order valence-corrected chi connectivity index (χ1v) is 6.44. The number of carbonyl (C=O) groups excluding carboxylic acids is 1. The number of thiophene rings is 1. The molecular weight excluding hydrogens is 236 g/mol. The highest BCUT2D eigenvalue weighted by atomic mass is 32.1. The lowest BCUT2D eigenvalue weighted by atomic mass is 9.98. The van der Waals surface area contributed by atoms with Crippen LogP contribution in [0.3, 0.4) is 0 Å². The maximum Gasteiger partial charge on any atom is 0.264 e. The van der Waals surface area contributed by atoms with E-state index in [4.69, 9.17) is 10.00 Å². The molecule has 1 aliphatic rings. The number of methoxy groups -OCH3 is 1. The Morgan fingerprint density at radius 2 is 2.29 bits per heavy atom. The van der Waals surface area contributed by atoms with Gasteiger partial charge in [0, 0.05) is 30.5 Å². The van der Waals surface area contributed by atoms with Gasteiger partial charge in [-0.1, -0.05) is 0 Å². The molecule has 1 fully saturated rings. The molecule has 0 N–H and O–H groups in total. The standard InChI is InChI=1S/C12H14N2O2S/c1-16-10-6-11(17-8-10)12(15)14-4-2-9(7-13)3-5-14/h6,8-9H,2-5H2,1H3. The van der Waals surface area contributed by atoms with Crippen LogP contribution in [0.5, 0.6) is 5.75 Å². The van der Waals surface area contributed by atoms with E-state index < -0.39 is 0 Å². The van der Waals surface area contributed by atoms with Gasteiger partial charge in [-0.3, -0.25) is 4.79 Å². The van der Waals surface area contributed by atoms with Crippen molar-refractivity contribution in [3.63, 3.8) is 0 Å². The molecule has 90 valence electrons. The molecule has 0 aliphatic carbocycles. The second-order valence-corrected chi connectivity index (χ2v) is 4.96. The molecule has 2 rings (SSSR count). The monoisotopic (exact) mass is 250 g/mol. The number of piperidine rings is 1. The minimum atomic E-state index is 0.0506. The molecule has 2 heterocycles. The molecule has 1 aromatic heterocycles. The van der Waals surface area contributed by atoms with Gasteiger partial charge in [0.1, 0.15) is 5.75 Å². The van der Waals surface area contributed by atoms with Crippen LogP contribution in [-0.2, 0) is 0 Å². The quantitative estimate of drug-likeness (QED) is 0.808. The number of nitriles is 1. The maximum absolute atomic E-state index is 12.1. The van der Waals surface area contributed by atoms with Gasteiger partial charge in [0.2, 0.25) is 0 Å². The SMILES string of the molecule is COc1csc(C(=O)N2CCC(C#N)CC2)c1. The molecule has 1 saturated heterocycles. The molecule has 1 aliphatic heterocycles. The van der Waals surface area contributed by atoms with Crippen LogP contribution < -0.4 is 4.74 Å². The number of hydrogen-bond acceptors (Lipinski definition) is 4. The van der Waals surface area contributed by atoms with Gasteiger partial charge in [-0.15, -0.1) is 11.3 Å². The Morgan fingerprint density at radius 3 is 2.82 bits per heavy atom. The Kier molecular flexibility index (Phi) is 3.64. The Balaban J connectivity index is 1.99. The summed E-state index contributed by atoms with van der Waals surface area (Å²) >= 11 is 1.40. The molecule has 0 aromatic carbocycles. The first-order valence-electron chi connectivity index (χ1n) is 5.56. The van der Waals surface area contributed by atoms with Crippen molar-refractivity contribution < 1.29 is 9.53 Å². The van der Waals surface area contributed by atoms with E-state index in [2.05, 4.69) is 6.07 Å². The molecule has 1 aromatic rings. The molecule has 1 amide bonds. The zero-order chi connectivity index (χ0) is 12.3. The lowest BCUT2D eigenvalue weighted by Crippen LogP contribution is -2.37. The molecule has 0 unspecified atom stereocenters. The molecule has 17 heavy (non-hydrogen) atoms. The number of nitrogens with zero attached hydrogens (tertiary/aromatic N) is 2. The van der Waals surface area contributed by atoms with Crippen molar-refractivity contribution in [1.29, 1.82) is 5.26 Å². The summed E-state index contributed by atoms with van der Waals surface area (Å²) in [4.78, 5) is 14.6. The van der Waals surface area contributed by atoms with Gasteiger partial charge in [-0.2, -0.15) is 5.26 Å². The van der Waals surface area contributed by atoms with E-state index in [-0.39, 0.29) is 11.8 Å². The van der Waals surface area contributed by atoms with Crippen LogP contribution >= 0.6 is 11.3 Å². The van der Waals surface area contributed by atoms with Crippen molar-refractivity contribution in [2.45, 2.75) is 12.8 Å². The summed E-state index contributed by atoms with van der Waals surface area (Å²) in [6, 6.07) is 4.03. The highest BCUT2D eigenvalue weighted by Crippen LogP contribution is 2.24. The molecule has 0 atom stereocenters. The van der Waals surface area contributed by atoms with E-state index in [1.807, 2.05) is 10.3 Å². The summed E-state index contributed by atoms with van der Waals surface area (Å²) < 4.78 is 5.06. The second kappa shape index (κ2) is 5.19. The van der Waals surface area contributed by atoms with E-state index in [9.17, 15) is 4.79 Å². The van der Waals surface area contributed by atoms with E-state index >= 15 is 0 Å². The van der Waals surface area contributed by atoms with Gasteiger partial charge in [0.25, 0.3) is 5.91 Å². The molecular formula is C12H14N2O2S. The third kappa shape index (κ3) is 2.59. The number of rotatable bonds is 2. The molecule has 4 nitrogen and oxygen atoms in total. The predicted octanol–water partition coefficient (Wildman–Crippen LogP) is 2.13. The second-order valence-electron chi connectivity index (χ2n) is 4.05. The normalized spacial score (nSPS) is 16.6. The smallest absolute Gasteiger partial charge is 0.264 e. The van der Waals surface area contributed by atoms with Crippen molar-refractivity contribution in [2.24, 2.45) is 5.92 Å². The van der Waals surface area contributed by atoms with Crippen LogP contribution in [0.25, 0.3) is 0 Å². The number of hydrogen-bond donors (Lipinski definition) is 0. The van der Waals surface area contributed by atoms with Crippen LogP contribution in [0.4, 0.5) is 0 Å². The first kappa shape index (κ1) is 11.9. The Bertz CT molecular complexity index is 442. The highest BCUT2D eigenvalue weighted by Gasteiger charge is 2.24. The van der Waals surface area contributed by atoms with Crippen LogP contribution in [0.15, 0.2) is 11.4 Å². The number of likely N-dealkylation sites (tertiary alicyclic amines) is 1. The fourth-order valence-corrected chi connectivity index (χ4v) is 2.73. The van der Waals surface area contributed by atoms with Gasteiger partial charge in [-0.05, 0) is 12.8 Å². The van der Waals surface area contributed by atoms with E-state index in [0.717, 1.165) is 18.6 Å². The summed E-state index contributed by atoms with van der Waals surface area (Å²) in [6.45, 7) is 1.36. The molecule has 0 bridgehead atoms. The Morgan fingerprint density at radius 1 is 1.59 bits per heavy atom. The van der Waals surface area contributed by atoms with Gasteiger partial charge >= 0.3 is 0 Å². The van der Waals surface area contributed by atoms with Crippen LogP contribution in [0.2, 0.25) is 0 Å². The van der Waals surface area contributed by atoms with Gasteiger partial charge in [0.05, 0.1) is 18.1 Å². The van der Waals surface area contributed by atoms with Gasteiger partial charge in [-0.25, -0.2) is 0 Å². The van der Waals surface area contributed by atoms with Crippen molar-refractivity contribution in [3.05, 3.63) is 16.3 Å². The van der Waals surface area contributed by atoms with Crippen molar-refractivity contribution >= 4 is 17.2 Å². The maximum atomic E-state index is 12.1. The molecule has 0 spiro atoms. The Labute approximate surface area is 104 Å². The summed E-state index contributed by atoms with van der Waals surface area (Å²) in [5.41, 5.74) is 0. The van der Waals surface area contributed by atoms with Gasteiger partial charge in [0.15, 0.2) is 0 Å². The lowest BCUT2D eigenvalue weighted by molar-refractivity contribution is 0.0712. The minimum absolute atomic E-state index is 0.0506. The Hall–Kier alpha value is -1.54. The summed E-state index contributed by atoms with van der Waals surface area (Å²) in [7, 11) is 1.59. The summed E-state index contributed by atoms with van der Waals surface area (Å²) in [6.07, 6.45) is 1.56. The largest absolute Gasteiger partial charge is 0.496 e. The highest BCUT2D eigenvalue weighted by molar-refractivity contribution is 7.12. The lowest BCUT2D eigenvalue weighted by Gasteiger charge is -2.28. The zero-order valence-corrected chi connectivity index (χ0v) is 10.5. The topological polar surface area (TPSA) is 53.3 Å². The van der Waals surface area contributed by atoms with Crippen LogP contribution in [0, 0.1) is 17.2 Å². The predicted molar refractivity (Wildman–Crippen MR) is 65.1 cm³/mol. The van der Waals surface area contributed by atoms with Gasteiger partial charge < -0.3 is 9.64 Å². The molecule has 0 radical (unpaired) electrons. The van der Waals surface area contributed by atoms with E-state index in [1.54, 1.807) is 13.2 Å². The third-order valence-electron chi connectivity index (χ3n) is 2.99. The van der Waals surface area contributed by atoms with Crippen molar-refractivity contribution in [2.75, 3.05) is 20.2 Å². The summed E-state index contributed by atoms with van der Waals surface area (Å²) in [5.74, 6) is 0.886. The number of amides is 1. The first-order chi connectivity index (χ1) is 8.24. The molecule has 0 saturated carbocycles. The van der Waals surface area contributed by atoms with E-state index in [1.165, 1.54) is 11.3 Å². The third-order valence-corrected chi connectivity index (χ3v) is 3.88. The van der Waals surface area contributed by atoms with Crippen molar-refractivity contribution in [3.8, 4) is 11.8 Å². The van der Waals surface area contributed by atoms with Crippen LogP contribution in [0.1, 0.15) is 22.5 Å². The fraction of sp³-hybridized carbons (Fsp3) is 0.500.